The molecule has 2 atom stereocenters. The number of nitrogens with one attached hydrogen (secondary N) is 1. The van der Waals surface area contributed by atoms with Crippen molar-refractivity contribution >= 4 is 11.6 Å². The summed E-state index contributed by atoms with van der Waals surface area (Å²) in [5.74, 6) is 1.20. The number of methoxy groups -OCH3 is 2. The monoisotopic (exact) mass is 294 g/mol. The first kappa shape index (κ1) is 17.3. The van der Waals surface area contributed by atoms with E-state index in [1.54, 1.807) is 32.4 Å². The van der Waals surface area contributed by atoms with Gasteiger partial charge in [-0.05, 0) is 31.9 Å². The van der Waals surface area contributed by atoms with Gasteiger partial charge in [0.05, 0.1) is 19.9 Å². The second kappa shape index (κ2) is 8.52. The van der Waals surface area contributed by atoms with Crippen LogP contribution in [0.3, 0.4) is 0 Å². The van der Waals surface area contributed by atoms with E-state index < -0.39 is 0 Å². The SMILES string of the molecule is COc1ccc(OC)c(NC(=O)C(C)CCCC(C)N)c1. The van der Waals surface area contributed by atoms with Gasteiger partial charge in [-0.2, -0.15) is 0 Å². The fourth-order valence-corrected chi connectivity index (χ4v) is 2.04. The number of carbonyl (C=O) groups excluding carboxylic acids is 1. The topological polar surface area (TPSA) is 73.6 Å². The van der Waals surface area contributed by atoms with E-state index in [9.17, 15) is 4.79 Å². The van der Waals surface area contributed by atoms with Crippen LogP contribution in [0.25, 0.3) is 0 Å². The van der Waals surface area contributed by atoms with Crippen LogP contribution in [0, 0.1) is 5.92 Å². The van der Waals surface area contributed by atoms with Gasteiger partial charge in [-0.3, -0.25) is 4.79 Å². The number of nitrogens with two attached hydrogens (primary N) is 1. The molecule has 0 bridgehead atoms. The van der Waals surface area contributed by atoms with Crippen molar-refractivity contribution in [1.82, 2.24) is 0 Å². The molecule has 2 unspecified atom stereocenters. The van der Waals surface area contributed by atoms with E-state index in [4.69, 9.17) is 15.2 Å². The zero-order chi connectivity index (χ0) is 15.8. The van der Waals surface area contributed by atoms with Gasteiger partial charge in [0.15, 0.2) is 0 Å². The summed E-state index contributed by atoms with van der Waals surface area (Å²) >= 11 is 0. The summed E-state index contributed by atoms with van der Waals surface area (Å²) in [5.41, 5.74) is 6.34. The molecule has 0 saturated carbocycles. The molecular weight excluding hydrogens is 268 g/mol. The number of carbonyl (C=O) groups is 1. The minimum Gasteiger partial charge on any atom is -0.497 e. The molecule has 0 aliphatic carbocycles. The maximum absolute atomic E-state index is 12.2. The maximum atomic E-state index is 12.2. The van der Waals surface area contributed by atoms with Gasteiger partial charge >= 0.3 is 0 Å². The Balaban J connectivity index is 2.64. The summed E-state index contributed by atoms with van der Waals surface area (Å²) in [4.78, 5) is 12.2. The molecule has 0 spiro atoms. The van der Waals surface area contributed by atoms with Crippen molar-refractivity contribution in [3.8, 4) is 11.5 Å². The number of ether oxygens (including phenoxy) is 2. The quantitative estimate of drug-likeness (QED) is 0.773. The van der Waals surface area contributed by atoms with Crippen molar-refractivity contribution in [3.05, 3.63) is 18.2 Å². The molecule has 0 radical (unpaired) electrons. The number of hydrogen-bond donors (Lipinski definition) is 2. The van der Waals surface area contributed by atoms with E-state index in [0.717, 1.165) is 19.3 Å². The Kier molecular flexibility index (Phi) is 7.02. The Morgan fingerprint density at radius 1 is 1.24 bits per heavy atom. The molecule has 0 fully saturated rings. The molecule has 5 heteroatoms. The highest BCUT2D eigenvalue weighted by molar-refractivity contribution is 5.94. The van der Waals surface area contributed by atoms with E-state index in [1.165, 1.54) is 0 Å². The zero-order valence-electron chi connectivity index (χ0n) is 13.3. The Bertz CT molecular complexity index is 461. The summed E-state index contributed by atoms with van der Waals surface area (Å²) in [6, 6.07) is 5.50. The van der Waals surface area contributed by atoms with Crippen LogP contribution < -0.4 is 20.5 Å². The third kappa shape index (κ3) is 5.63. The average molecular weight is 294 g/mol. The molecule has 3 N–H and O–H groups in total. The second-order valence-electron chi connectivity index (χ2n) is 5.36. The molecule has 5 nitrogen and oxygen atoms in total. The Morgan fingerprint density at radius 3 is 2.52 bits per heavy atom. The van der Waals surface area contributed by atoms with Crippen molar-refractivity contribution in [2.24, 2.45) is 11.7 Å². The van der Waals surface area contributed by atoms with Crippen molar-refractivity contribution in [1.29, 1.82) is 0 Å². The predicted octanol–water partition coefficient (Wildman–Crippen LogP) is 2.80. The molecule has 21 heavy (non-hydrogen) atoms. The first-order valence-corrected chi connectivity index (χ1v) is 7.26. The molecule has 0 heterocycles. The van der Waals surface area contributed by atoms with Crippen LogP contribution >= 0.6 is 0 Å². The Morgan fingerprint density at radius 2 is 1.95 bits per heavy atom. The number of amides is 1. The Hall–Kier alpha value is -1.75. The average Bonchev–Trinajstić information content (AvgIpc) is 2.46. The molecule has 1 amide bonds. The number of hydrogen-bond acceptors (Lipinski definition) is 4. The van der Waals surface area contributed by atoms with Crippen LogP contribution in [-0.2, 0) is 4.79 Å². The van der Waals surface area contributed by atoms with Crippen LogP contribution in [0.15, 0.2) is 18.2 Å². The van der Waals surface area contributed by atoms with Crippen molar-refractivity contribution in [3.63, 3.8) is 0 Å². The smallest absolute Gasteiger partial charge is 0.227 e. The van der Waals surface area contributed by atoms with Gasteiger partial charge in [0.25, 0.3) is 0 Å². The molecular formula is C16H26N2O3. The summed E-state index contributed by atoms with van der Waals surface area (Å²) < 4.78 is 10.4. The van der Waals surface area contributed by atoms with E-state index in [-0.39, 0.29) is 17.9 Å². The molecule has 0 aliphatic rings. The largest absolute Gasteiger partial charge is 0.497 e. The number of rotatable bonds is 8. The van der Waals surface area contributed by atoms with Crippen LogP contribution in [-0.4, -0.2) is 26.2 Å². The predicted molar refractivity (Wildman–Crippen MR) is 84.8 cm³/mol. The first-order valence-electron chi connectivity index (χ1n) is 7.26. The molecule has 1 aromatic rings. The minimum absolute atomic E-state index is 0.0220. The van der Waals surface area contributed by atoms with E-state index >= 15 is 0 Å². The van der Waals surface area contributed by atoms with Gasteiger partial charge in [0, 0.05) is 18.0 Å². The summed E-state index contributed by atoms with van der Waals surface area (Å²) in [6.45, 7) is 3.90. The molecule has 1 aromatic carbocycles. The van der Waals surface area contributed by atoms with Gasteiger partial charge in [0.2, 0.25) is 5.91 Å². The third-order valence-corrected chi connectivity index (χ3v) is 3.41. The maximum Gasteiger partial charge on any atom is 0.227 e. The fraction of sp³-hybridized carbons (Fsp3) is 0.562. The van der Waals surface area contributed by atoms with Crippen LogP contribution in [0.2, 0.25) is 0 Å². The third-order valence-electron chi connectivity index (χ3n) is 3.41. The van der Waals surface area contributed by atoms with Gasteiger partial charge < -0.3 is 20.5 Å². The van der Waals surface area contributed by atoms with Crippen LogP contribution in [0.5, 0.6) is 11.5 Å². The van der Waals surface area contributed by atoms with Gasteiger partial charge in [-0.15, -0.1) is 0 Å². The van der Waals surface area contributed by atoms with Gasteiger partial charge in [-0.1, -0.05) is 13.3 Å². The highest BCUT2D eigenvalue weighted by atomic mass is 16.5. The van der Waals surface area contributed by atoms with Gasteiger partial charge in [-0.25, -0.2) is 0 Å². The highest BCUT2D eigenvalue weighted by Gasteiger charge is 2.15. The Labute approximate surface area is 126 Å². The highest BCUT2D eigenvalue weighted by Crippen LogP contribution is 2.29. The lowest BCUT2D eigenvalue weighted by molar-refractivity contribution is -0.119. The first-order chi connectivity index (χ1) is 9.97. The standard InChI is InChI=1S/C16H26N2O3/c1-11(6-5-7-12(2)17)16(19)18-14-10-13(20-3)8-9-15(14)21-4/h8-12H,5-7,17H2,1-4H3,(H,18,19). The minimum atomic E-state index is -0.0698. The summed E-state index contributed by atoms with van der Waals surface area (Å²) in [7, 11) is 3.16. The molecule has 1 rings (SSSR count). The van der Waals surface area contributed by atoms with Crippen LogP contribution in [0.1, 0.15) is 33.1 Å². The fourth-order valence-electron chi connectivity index (χ4n) is 2.04. The van der Waals surface area contributed by atoms with Crippen LogP contribution in [0.4, 0.5) is 5.69 Å². The van der Waals surface area contributed by atoms with Crippen molar-refractivity contribution < 1.29 is 14.3 Å². The normalized spacial score (nSPS) is 13.4. The van der Waals surface area contributed by atoms with Crippen molar-refractivity contribution in [2.75, 3.05) is 19.5 Å². The number of benzene rings is 1. The van der Waals surface area contributed by atoms with E-state index in [2.05, 4.69) is 5.32 Å². The summed E-state index contributed by atoms with van der Waals surface area (Å²) in [5, 5.41) is 2.90. The number of anilines is 1. The lowest BCUT2D eigenvalue weighted by atomic mass is 10.0. The lowest BCUT2D eigenvalue weighted by Gasteiger charge is -2.15. The molecule has 118 valence electrons. The second-order valence-corrected chi connectivity index (χ2v) is 5.36. The zero-order valence-corrected chi connectivity index (χ0v) is 13.3. The molecule has 0 aromatic heterocycles. The van der Waals surface area contributed by atoms with E-state index in [1.807, 2.05) is 13.8 Å². The van der Waals surface area contributed by atoms with Crippen molar-refractivity contribution in [2.45, 2.75) is 39.2 Å². The molecule has 0 saturated heterocycles. The summed E-state index contributed by atoms with van der Waals surface area (Å²) in [6.07, 6.45) is 2.70. The molecule has 0 aliphatic heterocycles. The lowest BCUT2D eigenvalue weighted by Crippen LogP contribution is -2.22. The van der Waals surface area contributed by atoms with E-state index in [0.29, 0.717) is 17.2 Å². The van der Waals surface area contributed by atoms with Gasteiger partial charge in [0.1, 0.15) is 11.5 Å².